The zero-order valence-corrected chi connectivity index (χ0v) is 12.4. The number of sulfone groups is 1. The largest absolute Gasteiger partial charge is 0.312 e. The summed E-state index contributed by atoms with van der Waals surface area (Å²) in [5, 5.41) is 2.02. The van der Waals surface area contributed by atoms with Crippen LogP contribution in [0.3, 0.4) is 0 Å². The first kappa shape index (κ1) is 15.4. The number of hydrogen-bond acceptors (Lipinski definition) is 3. The summed E-state index contributed by atoms with van der Waals surface area (Å²) < 4.78 is 52.6. The average Bonchev–Trinajstić information content (AvgIpc) is 2.40. The van der Waals surface area contributed by atoms with Crippen LogP contribution in [0.4, 0.5) is 8.78 Å². The normalized spacial score (nSPS) is 23.5. The fourth-order valence-corrected chi connectivity index (χ4v) is 4.96. The van der Waals surface area contributed by atoms with Crippen molar-refractivity contribution in [1.29, 1.82) is 0 Å². The van der Waals surface area contributed by atoms with E-state index in [-0.39, 0.29) is 11.3 Å². The van der Waals surface area contributed by atoms with Gasteiger partial charge in [0.05, 0.1) is 17.0 Å². The first-order chi connectivity index (χ1) is 9.38. The molecule has 20 heavy (non-hydrogen) atoms. The van der Waals surface area contributed by atoms with Gasteiger partial charge >= 0.3 is 0 Å². The SMILES string of the molecule is CNC(c1c(F)ccc(C)c1F)C1CCCCS1(=O)=O. The lowest BCUT2D eigenvalue weighted by Crippen LogP contribution is -2.40. The molecule has 1 heterocycles. The molecule has 6 heteroatoms. The lowest BCUT2D eigenvalue weighted by Gasteiger charge is -2.30. The highest BCUT2D eigenvalue weighted by molar-refractivity contribution is 7.92. The summed E-state index contributed by atoms with van der Waals surface area (Å²) in [6.45, 7) is 1.54. The van der Waals surface area contributed by atoms with Crippen LogP contribution in [0.25, 0.3) is 0 Å². The van der Waals surface area contributed by atoms with Crippen molar-refractivity contribution in [3.8, 4) is 0 Å². The van der Waals surface area contributed by atoms with E-state index in [2.05, 4.69) is 5.32 Å². The second-order valence-corrected chi connectivity index (χ2v) is 7.60. The minimum absolute atomic E-state index is 0.0882. The van der Waals surface area contributed by atoms with Crippen LogP contribution in [-0.2, 0) is 9.84 Å². The van der Waals surface area contributed by atoms with Gasteiger partial charge in [0, 0.05) is 5.56 Å². The summed E-state index contributed by atoms with van der Waals surface area (Å²) >= 11 is 0. The van der Waals surface area contributed by atoms with E-state index in [0.717, 1.165) is 6.42 Å². The van der Waals surface area contributed by atoms with E-state index in [9.17, 15) is 17.2 Å². The predicted octanol–water partition coefficient (Wildman–Crippen LogP) is 2.50. The van der Waals surface area contributed by atoms with Crippen LogP contribution in [0, 0.1) is 18.6 Å². The highest BCUT2D eigenvalue weighted by Gasteiger charge is 2.38. The van der Waals surface area contributed by atoms with E-state index in [1.807, 2.05) is 0 Å². The third-order valence-corrected chi connectivity index (χ3v) is 6.23. The standard InChI is InChI=1S/C14H19F2NO2S/c1-9-6-7-10(15)12(13(9)16)14(17-2)11-5-3-4-8-20(11,18)19/h6-7,11,14,17H,3-5,8H2,1-2H3. The van der Waals surface area contributed by atoms with E-state index in [1.165, 1.54) is 19.2 Å². The number of benzene rings is 1. The summed E-state index contributed by atoms with van der Waals surface area (Å²) in [7, 11) is -1.79. The molecule has 1 saturated heterocycles. The zero-order valence-electron chi connectivity index (χ0n) is 11.6. The van der Waals surface area contributed by atoms with Gasteiger partial charge in [-0.3, -0.25) is 0 Å². The van der Waals surface area contributed by atoms with E-state index < -0.39 is 32.8 Å². The van der Waals surface area contributed by atoms with Crippen molar-refractivity contribution in [3.05, 3.63) is 34.9 Å². The molecule has 0 radical (unpaired) electrons. The maximum absolute atomic E-state index is 14.2. The van der Waals surface area contributed by atoms with E-state index in [4.69, 9.17) is 0 Å². The third kappa shape index (κ3) is 2.72. The van der Waals surface area contributed by atoms with Gasteiger partial charge in [0.15, 0.2) is 9.84 Å². The lowest BCUT2D eigenvalue weighted by atomic mass is 9.97. The van der Waals surface area contributed by atoms with Crippen molar-refractivity contribution in [3.63, 3.8) is 0 Å². The molecule has 2 unspecified atom stereocenters. The Labute approximate surface area is 118 Å². The summed E-state index contributed by atoms with van der Waals surface area (Å²) in [6, 6.07) is 1.70. The predicted molar refractivity (Wildman–Crippen MR) is 74.3 cm³/mol. The molecule has 1 N–H and O–H groups in total. The van der Waals surface area contributed by atoms with Crippen molar-refractivity contribution in [2.75, 3.05) is 12.8 Å². The molecule has 1 fully saturated rings. The average molecular weight is 303 g/mol. The number of rotatable bonds is 3. The van der Waals surface area contributed by atoms with Gasteiger partial charge in [-0.2, -0.15) is 0 Å². The Balaban J connectivity index is 2.50. The minimum Gasteiger partial charge on any atom is -0.312 e. The molecule has 1 aromatic carbocycles. The van der Waals surface area contributed by atoms with Crippen molar-refractivity contribution in [1.82, 2.24) is 5.32 Å². The molecule has 0 bridgehead atoms. The molecular formula is C14H19F2NO2S. The maximum atomic E-state index is 14.2. The maximum Gasteiger partial charge on any atom is 0.155 e. The van der Waals surface area contributed by atoms with Gasteiger partial charge in [-0.1, -0.05) is 12.5 Å². The van der Waals surface area contributed by atoms with Gasteiger partial charge in [-0.15, -0.1) is 0 Å². The first-order valence-electron chi connectivity index (χ1n) is 6.72. The Morgan fingerprint density at radius 1 is 1.30 bits per heavy atom. The Hall–Kier alpha value is -1.01. The van der Waals surface area contributed by atoms with E-state index in [0.29, 0.717) is 18.4 Å². The quantitative estimate of drug-likeness (QED) is 0.933. The van der Waals surface area contributed by atoms with E-state index >= 15 is 0 Å². The Morgan fingerprint density at radius 3 is 2.60 bits per heavy atom. The summed E-state index contributed by atoms with van der Waals surface area (Å²) in [4.78, 5) is 0. The third-order valence-electron chi connectivity index (χ3n) is 3.94. The van der Waals surface area contributed by atoms with Crippen LogP contribution in [0.2, 0.25) is 0 Å². The topological polar surface area (TPSA) is 46.2 Å². The van der Waals surface area contributed by atoms with E-state index in [1.54, 1.807) is 6.92 Å². The number of halogens is 2. The van der Waals surface area contributed by atoms with Gasteiger partial charge in [-0.25, -0.2) is 17.2 Å². The highest BCUT2D eigenvalue weighted by atomic mass is 32.2. The molecule has 0 saturated carbocycles. The molecule has 0 aliphatic carbocycles. The zero-order chi connectivity index (χ0) is 14.9. The van der Waals surface area contributed by atoms with Crippen molar-refractivity contribution in [2.24, 2.45) is 0 Å². The molecule has 3 nitrogen and oxygen atoms in total. The fourth-order valence-electron chi connectivity index (χ4n) is 2.83. The van der Waals surface area contributed by atoms with Crippen LogP contribution in [0.15, 0.2) is 12.1 Å². The Morgan fingerprint density at radius 2 is 2.00 bits per heavy atom. The summed E-state index contributed by atoms with van der Waals surface area (Å²) in [6.07, 6.45) is 1.81. The minimum atomic E-state index is -3.33. The number of nitrogens with one attached hydrogen (secondary N) is 1. The molecule has 112 valence electrons. The van der Waals surface area contributed by atoms with Gasteiger partial charge in [0.1, 0.15) is 11.6 Å². The highest BCUT2D eigenvalue weighted by Crippen LogP contribution is 2.33. The second-order valence-electron chi connectivity index (χ2n) is 5.26. The summed E-state index contributed by atoms with van der Waals surface area (Å²) in [5.74, 6) is -1.27. The van der Waals surface area contributed by atoms with Crippen molar-refractivity contribution in [2.45, 2.75) is 37.5 Å². The molecule has 0 spiro atoms. The lowest BCUT2D eigenvalue weighted by molar-refractivity contribution is 0.435. The Kier molecular flexibility index (Phi) is 4.44. The first-order valence-corrected chi connectivity index (χ1v) is 8.43. The molecule has 2 rings (SSSR count). The van der Waals surface area contributed by atoms with Gasteiger partial charge < -0.3 is 5.32 Å². The molecule has 0 amide bonds. The molecule has 1 aliphatic rings. The smallest absolute Gasteiger partial charge is 0.155 e. The second kappa shape index (κ2) is 5.77. The van der Waals surface area contributed by atoms with Gasteiger partial charge in [-0.05, 0) is 38.4 Å². The molecule has 0 aromatic heterocycles. The fraction of sp³-hybridized carbons (Fsp3) is 0.571. The van der Waals surface area contributed by atoms with Gasteiger partial charge in [0.25, 0.3) is 0 Å². The van der Waals surface area contributed by atoms with Crippen molar-refractivity contribution < 1.29 is 17.2 Å². The van der Waals surface area contributed by atoms with Crippen LogP contribution in [0.5, 0.6) is 0 Å². The monoisotopic (exact) mass is 303 g/mol. The number of hydrogen-bond donors (Lipinski definition) is 1. The molecular weight excluding hydrogens is 284 g/mol. The number of aryl methyl sites for hydroxylation is 1. The molecule has 2 atom stereocenters. The Bertz CT molecular complexity index is 601. The van der Waals surface area contributed by atoms with Crippen LogP contribution in [0.1, 0.15) is 36.4 Å². The van der Waals surface area contributed by atoms with Crippen LogP contribution < -0.4 is 5.32 Å². The molecule has 1 aromatic rings. The van der Waals surface area contributed by atoms with Crippen LogP contribution >= 0.6 is 0 Å². The van der Waals surface area contributed by atoms with Gasteiger partial charge in [0.2, 0.25) is 0 Å². The van der Waals surface area contributed by atoms with Crippen LogP contribution in [-0.4, -0.2) is 26.5 Å². The van der Waals surface area contributed by atoms with Crippen molar-refractivity contribution >= 4 is 9.84 Å². The summed E-state index contributed by atoms with van der Waals surface area (Å²) in [5.41, 5.74) is 0.151. The molecule has 1 aliphatic heterocycles.